The molecule has 0 spiro atoms. The Balaban J connectivity index is 2.42. The molecule has 2 rings (SSSR count). The van der Waals surface area contributed by atoms with Gasteiger partial charge in [-0.25, -0.2) is 4.98 Å². The second kappa shape index (κ2) is 5.15. The molecule has 17 heavy (non-hydrogen) atoms. The van der Waals surface area contributed by atoms with Crippen molar-refractivity contribution >= 4 is 22.5 Å². The van der Waals surface area contributed by atoms with Crippen molar-refractivity contribution in [3.05, 3.63) is 52.6 Å². The van der Waals surface area contributed by atoms with E-state index in [4.69, 9.17) is 11.6 Å². The number of halogens is 1. The minimum absolute atomic E-state index is 0.0402. The second-order valence-corrected chi connectivity index (χ2v) is 4.27. The Morgan fingerprint density at radius 3 is 3.06 bits per heavy atom. The summed E-state index contributed by atoms with van der Waals surface area (Å²) < 4.78 is 1.61. The summed E-state index contributed by atoms with van der Waals surface area (Å²) in [4.78, 5) is 16.4. The Morgan fingerprint density at radius 1 is 1.47 bits per heavy atom. The van der Waals surface area contributed by atoms with Gasteiger partial charge < -0.3 is 0 Å². The summed E-state index contributed by atoms with van der Waals surface area (Å²) in [6.07, 6.45) is 5.20. The van der Waals surface area contributed by atoms with Crippen LogP contribution >= 0.6 is 11.6 Å². The van der Waals surface area contributed by atoms with Crippen molar-refractivity contribution in [2.75, 3.05) is 0 Å². The Bertz CT molecular complexity index is 604. The Kier molecular flexibility index (Phi) is 3.59. The molecule has 2 aromatic rings. The van der Waals surface area contributed by atoms with Gasteiger partial charge in [0.25, 0.3) is 5.56 Å². The van der Waals surface area contributed by atoms with Crippen LogP contribution in [0, 0.1) is 0 Å². The van der Waals surface area contributed by atoms with Crippen LogP contribution < -0.4 is 5.56 Å². The van der Waals surface area contributed by atoms with Gasteiger partial charge in [0.2, 0.25) is 0 Å². The third kappa shape index (κ3) is 2.56. The zero-order valence-electron chi connectivity index (χ0n) is 9.40. The monoisotopic (exact) mass is 248 g/mol. The zero-order valence-corrected chi connectivity index (χ0v) is 10.2. The molecule has 0 atom stereocenters. The van der Waals surface area contributed by atoms with Crippen LogP contribution in [-0.4, -0.2) is 9.55 Å². The minimum atomic E-state index is -0.0402. The summed E-state index contributed by atoms with van der Waals surface area (Å²) in [5.74, 6) is 0. The lowest BCUT2D eigenvalue weighted by Crippen LogP contribution is -2.20. The highest BCUT2D eigenvalue weighted by Gasteiger charge is 2.04. The van der Waals surface area contributed by atoms with E-state index in [2.05, 4.69) is 11.6 Å². The lowest BCUT2D eigenvalue weighted by atomic mass is 10.2. The van der Waals surface area contributed by atoms with Gasteiger partial charge in [-0.05, 0) is 31.0 Å². The molecule has 0 unspecified atom stereocenters. The van der Waals surface area contributed by atoms with Gasteiger partial charge in [-0.2, -0.15) is 0 Å². The van der Waals surface area contributed by atoms with Gasteiger partial charge in [0, 0.05) is 11.6 Å². The van der Waals surface area contributed by atoms with Crippen LogP contribution in [0.4, 0.5) is 0 Å². The first-order chi connectivity index (χ1) is 8.22. The summed E-state index contributed by atoms with van der Waals surface area (Å²) in [6.45, 7) is 4.31. The van der Waals surface area contributed by atoms with Gasteiger partial charge in [-0.3, -0.25) is 9.36 Å². The molecular weight excluding hydrogens is 236 g/mol. The van der Waals surface area contributed by atoms with Crippen molar-refractivity contribution < 1.29 is 0 Å². The zero-order chi connectivity index (χ0) is 12.3. The van der Waals surface area contributed by atoms with Gasteiger partial charge in [0.15, 0.2) is 0 Å². The molecule has 0 amide bonds. The molecule has 88 valence electrons. The summed E-state index contributed by atoms with van der Waals surface area (Å²) in [5.41, 5.74) is 0.640. The van der Waals surface area contributed by atoms with E-state index in [-0.39, 0.29) is 5.56 Å². The fourth-order valence-electron chi connectivity index (χ4n) is 1.70. The summed E-state index contributed by atoms with van der Waals surface area (Å²) in [5, 5.41) is 1.12. The first-order valence-electron chi connectivity index (χ1n) is 5.48. The molecule has 0 saturated carbocycles. The first kappa shape index (κ1) is 11.9. The number of benzene rings is 1. The Morgan fingerprint density at radius 2 is 2.29 bits per heavy atom. The highest BCUT2D eigenvalue weighted by molar-refractivity contribution is 6.31. The van der Waals surface area contributed by atoms with Gasteiger partial charge in [0.1, 0.15) is 0 Å². The lowest BCUT2D eigenvalue weighted by Gasteiger charge is -2.05. The quantitative estimate of drug-likeness (QED) is 0.616. The van der Waals surface area contributed by atoms with Crippen LogP contribution in [-0.2, 0) is 6.54 Å². The smallest absolute Gasteiger partial charge is 0.261 e. The topological polar surface area (TPSA) is 34.9 Å². The number of unbranched alkanes of at least 4 members (excludes halogenated alkanes) is 1. The van der Waals surface area contributed by atoms with Crippen LogP contribution in [0.5, 0.6) is 0 Å². The number of allylic oxidation sites excluding steroid dienone is 1. The molecule has 0 aliphatic heterocycles. The predicted octanol–water partition coefficient (Wildman–Crippen LogP) is 3.02. The molecule has 0 aliphatic carbocycles. The maximum absolute atomic E-state index is 12.1. The van der Waals surface area contributed by atoms with E-state index in [1.54, 1.807) is 29.1 Å². The number of hydrogen-bond acceptors (Lipinski definition) is 2. The molecule has 0 radical (unpaired) electrons. The van der Waals surface area contributed by atoms with E-state index in [1.807, 2.05) is 6.08 Å². The molecule has 1 aromatic carbocycles. The average molecular weight is 249 g/mol. The number of rotatable bonds is 4. The fraction of sp³-hybridized carbons (Fsp3) is 0.231. The molecule has 1 aromatic heterocycles. The molecule has 4 heteroatoms. The largest absolute Gasteiger partial charge is 0.299 e. The standard InChI is InChI=1S/C13H13ClN2O/c1-2-3-4-7-16-9-15-12-6-5-10(14)8-11(12)13(16)17/h2,5-6,8-9H,1,3-4,7H2. The second-order valence-electron chi connectivity index (χ2n) is 3.84. The van der Waals surface area contributed by atoms with E-state index in [0.717, 1.165) is 12.8 Å². The number of hydrogen-bond donors (Lipinski definition) is 0. The average Bonchev–Trinajstić information content (AvgIpc) is 2.33. The van der Waals surface area contributed by atoms with E-state index in [1.165, 1.54) is 0 Å². The van der Waals surface area contributed by atoms with Crippen LogP contribution in [0.1, 0.15) is 12.8 Å². The molecular formula is C13H13ClN2O. The SMILES string of the molecule is C=CCCCn1cnc2ccc(Cl)cc2c1=O. The molecule has 0 N–H and O–H groups in total. The third-order valence-corrected chi connectivity index (χ3v) is 2.83. The molecule has 0 saturated heterocycles. The molecule has 3 nitrogen and oxygen atoms in total. The van der Waals surface area contributed by atoms with Crippen molar-refractivity contribution in [3.63, 3.8) is 0 Å². The van der Waals surface area contributed by atoms with Gasteiger partial charge >= 0.3 is 0 Å². The van der Waals surface area contributed by atoms with Crippen LogP contribution in [0.25, 0.3) is 10.9 Å². The highest BCUT2D eigenvalue weighted by atomic mass is 35.5. The maximum Gasteiger partial charge on any atom is 0.261 e. The summed E-state index contributed by atoms with van der Waals surface area (Å²) >= 11 is 5.88. The number of fused-ring (bicyclic) bond motifs is 1. The maximum atomic E-state index is 12.1. The number of aryl methyl sites for hydroxylation is 1. The third-order valence-electron chi connectivity index (χ3n) is 2.59. The number of nitrogens with zero attached hydrogens (tertiary/aromatic N) is 2. The summed E-state index contributed by atoms with van der Waals surface area (Å²) in [6, 6.07) is 5.15. The minimum Gasteiger partial charge on any atom is -0.299 e. The molecule has 0 aliphatic rings. The van der Waals surface area contributed by atoms with E-state index in [9.17, 15) is 4.79 Å². The Hall–Kier alpha value is -1.61. The van der Waals surface area contributed by atoms with Crippen molar-refractivity contribution in [1.29, 1.82) is 0 Å². The molecule has 0 fully saturated rings. The Labute approximate surface area is 104 Å². The molecule has 1 heterocycles. The lowest BCUT2D eigenvalue weighted by molar-refractivity contribution is 0.624. The molecule has 0 bridgehead atoms. The van der Waals surface area contributed by atoms with Crippen molar-refractivity contribution in [3.8, 4) is 0 Å². The van der Waals surface area contributed by atoms with Gasteiger partial charge in [-0.15, -0.1) is 6.58 Å². The van der Waals surface area contributed by atoms with E-state index in [0.29, 0.717) is 22.5 Å². The van der Waals surface area contributed by atoms with Crippen LogP contribution in [0.3, 0.4) is 0 Å². The normalized spacial score (nSPS) is 10.6. The van der Waals surface area contributed by atoms with Gasteiger partial charge in [-0.1, -0.05) is 17.7 Å². The number of aromatic nitrogens is 2. The van der Waals surface area contributed by atoms with Crippen molar-refractivity contribution in [2.24, 2.45) is 0 Å². The van der Waals surface area contributed by atoms with Gasteiger partial charge in [0.05, 0.1) is 17.2 Å². The van der Waals surface area contributed by atoms with Crippen LogP contribution in [0.15, 0.2) is 42.0 Å². The van der Waals surface area contributed by atoms with E-state index < -0.39 is 0 Å². The fourth-order valence-corrected chi connectivity index (χ4v) is 1.87. The van der Waals surface area contributed by atoms with E-state index >= 15 is 0 Å². The van der Waals surface area contributed by atoms with Crippen molar-refractivity contribution in [1.82, 2.24) is 9.55 Å². The predicted molar refractivity (Wildman–Crippen MR) is 70.4 cm³/mol. The highest BCUT2D eigenvalue weighted by Crippen LogP contribution is 2.14. The van der Waals surface area contributed by atoms with Crippen LogP contribution in [0.2, 0.25) is 5.02 Å². The van der Waals surface area contributed by atoms with Crippen molar-refractivity contribution in [2.45, 2.75) is 19.4 Å². The summed E-state index contributed by atoms with van der Waals surface area (Å²) in [7, 11) is 0. The first-order valence-corrected chi connectivity index (χ1v) is 5.86.